The minimum absolute atomic E-state index is 0.185. The third-order valence-electron chi connectivity index (χ3n) is 3.13. The highest BCUT2D eigenvalue weighted by atomic mass is 19.1. The van der Waals surface area contributed by atoms with Gasteiger partial charge in [0.05, 0.1) is 0 Å². The predicted molar refractivity (Wildman–Crippen MR) is 78.5 cm³/mol. The highest BCUT2D eigenvalue weighted by molar-refractivity contribution is 5.50. The molecule has 0 bridgehead atoms. The molecule has 0 aliphatic carbocycles. The first-order chi connectivity index (χ1) is 11.0. The highest BCUT2D eigenvalue weighted by Gasteiger charge is 2.22. The Morgan fingerprint density at radius 1 is 1.00 bits per heavy atom. The number of anilines is 1. The van der Waals surface area contributed by atoms with Crippen LogP contribution in [0.5, 0.6) is 11.6 Å². The lowest BCUT2D eigenvalue weighted by Crippen LogP contribution is -2.28. The molecule has 0 radical (unpaired) electrons. The fourth-order valence-electron chi connectivity index (χ4n) is 2.02. The minimum atomic E-state index is -0.950. The maximum absolute atomic E-state index is 14.0. The Labute approximate surface area is 128 Å². The topological polar surface area (TPSA) is 82.4 Å². The van der Waals surface area contributed by atoms with Gasteiger partial charge in [-0.3, -0.25) is 4.79 Å². The van der Waals surface area contributed by atoms with Crippen LogP contribution >= 0.6 is 0 Å². The summed E-state index contributed by atoms with van der Waals surface area (Å²) < 4.78 is 28.4. The van der Waals surface area contributed by atoms with Crippen LogP contribution in [0.15, 0.2) is 53.3 Å². The molecule has 3 N–H and O–H groups in total. The van der Waals surface area contributed by atoms with E-state index < -0.39 is 28.8 Å². The fourth-order valence-corrected chi connectivity index (χ4v) is 2.02. The van der Waals surface area contributed by atoms with Gasteiger partial charge in [-0.1, -0.05) is 29.1 Å². The number of nitrogens with zero attached hydrogens (tertiary/aromatic N) is 2. The summed E-state index contributed by atoms with van der Waals surface area (Å²) in [6, 6.07) is 10.7. The molecule has 6 nitrogen and oxygen atoms in total. The molecule has 0 unspecified atom stereocenters. The van der Waals surface area contributed by atoms with E-state index in [2.05, 4.69) is 0 Å². The van der Waals surface area contributed by atoms with Crippen molar-refractivity contribution in [3.63, 3.8) is 0 Å². The van der Waals surface area contributed by atoms with Crippen LogP contribution in [0.2, 0.25) is 0 Å². The quantitative estimate of drug-likeness (QED) is 0.774. The van der Waals surface area contributed by atoms with E-state index in [0.29, 0.717) is 4.85 Å². The van der Waals surface area contributed by atoms with Crippen molar-refractivity contribution in [3.05, 3.63) is 70.5 Å². The Morgan fingerprint density at radius 3 is 2.26 bits per heavy atom. The van der Waals surface area contributed by atoms with Crippen LogP contribution in [0, 0.1) is 11.6 Å². The molecule has 2 aromatic carbocycles. The third-order valence-corrected chi connectivity index (χ3v) is 3.13. The molecular formula is C15H11F2N3O3. The van der Waals surface area contributed by atoms with Gasteiger partial charge < -0.3 is 15.7 Å². The summed E-state index contributed by atoms with van der Waals surface area (Å²) >= 11 is 0. The zero-order valence-corrected chi connectivity index (χ0v) is 11.6. The number of benzene rings is 2. The third kappa shape index (κ3) is 2.39. The lowest BCUT2D eigenvalue weighted by Gasteiger charge is -2.13. The Balaban J connectivity index is 2.22. The number of nitrogen functional groups attached to an aromatic ring is 1. The van der Waals surface area contributed by atoms with E-state index >= 15 is 0 Å². The van der Waals surface area contributed by atoms with Crippen LogP contribution in [0.3, 0.4) is 0 Å². The number of halogens is 2. The van der Waals surface area contributed by atoms with Gasteiger partial charge in [-0.25, -0.2) is 8.78 Å². The van der Waals surface area contributed by atoms with Crippen molar-refractivity contribution in [1.29, 1.82) is 0 Å². The van der Waals surface area contributed by atoms with E-state index in [0.717, 1.165) is 16.8 Å². The van der Waals surface area contributed by atoms with E-state index in [-0.39, 0.29) is 11.4 Å². The fraction of sp³-hybridized carbons (Fsp3) is 0. The lowest BCUT2D eigenvalue weighted by atomic mass is 10.3. The molecule has 0 atom stereocenters. The average Bonchev–Trinajstić information content (AvgIpc) is 2.75. The van der Waals surface area contributed by atoms with E-state index in [1.54, 1.807) is 0 Å². The average molecular weight is 319 g/mol. The Bertz CT molecular complexity index is 934. The van der Waals surface area contributed by atoms with Crippen LogP contribution in [-0.4, -0.2) is 14.6 Å². The summed E-state index contributed by atoms with van der Waals surface area (Å²) in [6.45, 7) is 0. The van der Waals surface area contributed by atoms with Gasteiger partial charge >= 0.3 is 5.56 Å². The van der Waals surface area contributed by atoms with Crippen LogP contribution in [0.1, 0.15) is 0 Å². The molecule has 0 aliphatic heterocycles. The van der Waals surface area contributed by atoms with Crippen LogP contribution in [0.4, 0.5) is 14.5 Å². The van der Waals surface area contributed by atoms with E-state index in [9.17, 15) is 18.7 Å². The summed E-state index contributed by atoms with van der Waals surface area (Å²) in [5.74, 6) is -2.47. The number of aromatic hydroxyl groups is 1. The molecule has 23 heavy (non-hydrogen) atoms. The number of aromatic nitrogens is 2. The molecule has 1 heterocycles. The van der Waals surface area contributed by atoms with Gasteiger partial charge in [0.2, 0.25) is 5.88 Å². The van der Waals surface area contributed by atoms with Crippen LogP contribution < -0.4 is 16.1 Å². The maximum Gasteiger partial charge on any atom is 0.330 e. The molecule has 8 heteroatoms. The highest BCUT2D eigenvalue weighted by Crippen LogP contribution is 2.25. The van der Waals surface area contributed by atoms with Gasteiger partial charge in [-0.05, 0) is 24.3 Å². The normalized spacial score (nSPS) is 10.7. The van der Waals surface area contributed by atoms with Crippen LogP contribution in [0.25, 0.3) is 5.69 Å². The van der Waals surface area contributed by atoms with Crippen LogP contribution in [-0.2, 0) is 0 Å². The van der Waals surface area contributed by atoms with Gasteiger partial charge in [0.1, 0.15) is 11.5 Å². The first-order valence-corrected chi connectivity index (χ1v) is 6.51. The SMILES string of the molecule is Nc1c(O)n(-c2ccccc2F)n(Oc2ccccc2F)c1=O. The van der Waals surface area contributed by atoms with E-state index in [4.69, 9.17) is 10.6 Å². The summed E-state index contributed by atoms with van der Waals surface area (Å²) in [5.41, 5.74) is 3.80. The number of para-hydroxylation sites is 2. The first kappa shape index (κ1) is 14.6. The molecule has 0 aliphatic rings. The zero-order chi connectivity index (χ0) is 16.6. The second-order valence-corrected chi connectivity index (χ2v) is 4.60. The lowest BCUT2D eigenvalue weighted by molar-refractivity contribution is 0.136. The standard InChI is InChI=1S/C15H11F2N3O3/c16-9-5-1-3-7-11(9)19-14(21)13(18)15(22)20(19)23-12-8-4-2-6-10(12)17/h1-8,21H,18H2. The van der Waals surface area contributed by atoms with Gasteiger partial charge in [-0.2, -0.15) is 4.68 Å². The minimum Gasteiger partial charge on any atom is -0.492 e. The smallest absolute Gasteiger partial charge is 0.330 e. The maximum atomic E-state index is 14.0. The molecule has 0 amide bonds. The number of hydrogen-bond donors (Lipinski definition) is 2. The summed E-state index contributed by atoms with van der Waals surface area (Å²) in [7, 11) is 0. The Kier molecular flexibility index (Phi) is 3.49. The predicted octanol–water partition coefficient (Wildman–Crippen LogP) is 2.05. The molecule has 0 fully saturated rings. The van der Waals surface area contributed by atoms with Gasteiger partial charge in [0.25, 0.3) is 0 Å². The van der Waals surface area contributed by atoms with Gasteiger partial charge in [-0.15, -0.1) is 0 Å². The largest absolute Gasteiger partial charge is 0.492 e. The summed E-state index contributed by atoms with van der Waals surface area (Å²) in [4.78, 5) is 17.8. The van der Waals surface area contributed by atoms with Crippen molar-refractivity contribution in [2.75, 3.05) is 5.73 Å². The van der Waals surface area contributed by atoms with Gasteiger partial charge in [0.15, 0.2) is 17.3 Å². The van der Waals surface area contributed by atoms with Crippen molar-refractivity contribution in [2.24, 2.45) is 0 Å². The zero-order valence-electron chi connectivity index (χ0n) is 11.6. The van der Waals surface area contributed by atoms with Crippen molar-refractivity contribution >= 4 is 5.69 Å². The first-order valence-electron chi connectivity index (χ1n) is 6.51. The number of nitrogens with two attached hydrogens (primary N) is 1. The van der Waals surface area contributed by atoms with Crippen molar-refractivity contribution in [3.8, 4) is 17.3 Å². The molecular weight excluding hydrogens is 308 g/mol. The molecule has 3 aromatic rings. The Hall–Kier alpha value is -3.29. The number of rotatable bonds is 3. The summed E-state index contributed by atoms with van der Waals surface area (Å²) in [5, 5.41) is 10.0. The second-order valence-electron chi connectivity index (χ2n) is 4.60. The Morgan fingerprint density at radius 2 is 1.61 bits per heavy atom. The molecule has 0 saturated heterocycles. The van der Waals surface area contributed by atoms with E-state index in [1.807, 2.05) is 0 Å². The molecule has 3 rings (SSSR count). The summed E-state index contributed by atoms with van der Waals surface area (Å²) in [6.07, 6.45) is 0. The molecule has 0 spiro atoms. The molecule has 0 saturated carbocycles. The van der Waals surface area contributed by atoms with E-state index in [1.165, 1.54) is 36.4 Å². The molecule has 1 aromatic heterocycles. The monoisotopic (exact) mass is 319 g/mol. The number of hydrogen-bond acceptors (Lipinski definition) is 4. The van der Waals surface area contributed by atoms with Crippen molar-refractivity contribution in [2.45, 2.75) is 0 Å². The van der Waals surface area contributed by atoms with Gasteiger partial charge in [0, 0.05) is 0 Å². The van der Waals surface area contributed by atoms with Crippen molar-refractivity contribution < 1.29 is 18.7 Å². The second kappa shape index (κ2) is 5.48. The molecule has 118 valence electrons. The van der Waals surface area contributed by atoms with Crippen molar-refractivity contribution in [1.82, 2.24) is 9.53 Å².